The second-order valence-corrected chi connectivity index (χ2v) is 5.12. The molecule has 1 saturated heterocycles. The summed E-state index contributed by atoms with van der Waals surface area (Å²) in [7, 11) is 4.25. The fourth-order valence-electron chi connectivity index (χ4n) is 1.95. The van der Waals surface area contributed by atoms with Gasteiger partial charge in [0.05, 0.1) is 6.10 Å². The van der Waals surface area contributed by atoms with Crippen molar-refractivity contribution in [2.45, 2.75) is 19.4 Å². The largest absolute Gasteiger partial charge is 0.393 e. The van der Waals surface area contributed by atoms with E-state index in [2.05, 4.69) is 28.8 Å². The molecule has 1 rings (SSSR count). The van der Waals surface area contributed by atoms with E-state index in [4.69, 9.17) is 0 Å². The number of piperazine rings is 1. The molecule has 4 nitrogen and oxygen atoms in total. The predicted octanol–water partition coefficient (Wildman–Crippen LogP) is -0.0635. The van der Waals surface area contributed by atoms with E-state index in [1.165, 1.54) is 19.6 Å². The fourth-order valence-corrected chi connectivity index (χ4v) is 1.95. The molecule has 0 radical (unpaired) electrons. The lowest BCUT2D eigenvalue weighted by Gasteiger charge is -2.35. The van der Waals surface area contributed by atoms with Crippen molar-refractivity contribution in [3.63, 3.8) is 0 Å². The first-order chi connectivity index (χ1) is 7.58. The van der Waals surface area contributed by atoms with Gasteiger partial charge in [-0.3, -0.25) is 4.90 Å². The second-order valence-electron chi connectivity index (χ2n) is 5.12. The molecule has 96 valence electrons. The van der Waals surface area contributed by atoms with Gasteiger partial charge in [-0.15, -0.1) is 0 Å². The van der Waals surface area contributed by atoms with Crippen molar-refractivity contribution in [2.75, 3.05) is 59.9 Å². The average molecular weight is 229 g/mol. The Morgan fingerprint density at radius 1 is 1.06 bits per heavy atom. The van der Waals surface area contributed by atoms with Crippen LogP contribution < -0.4 is 0 Å². The highest BCUT2D eigenvalue weighted by Crippen LogP contribution is 2.03. The molecule has 0 aromatic carbocycles. The Morgan fingerprint density at radius 2 is 1.56 bits per heavy atom. The molecule has 4 heteroatoms. The molecular formula is C12H27N3O. The van der Waals surface area contributed by atoms with Gasteiger partial charge in [-0.25, -0.2) is 0 Å². The van der Waals surface area contributed by atoms with Crippen molar-refractivity contribution < 1.29 is 5.11 Å². The molecule has 1 aliphatic rings. The third kappa shape index (κ3) is 5.80. The minimum Gasteiger partial charge on any atom is -0.393 e. The molecule has 1 fully saturated rings. The van der Waals surface area contributed by atoms with Crippen LogP contribution in [0.1, 0.15) is 13.3 Å². The van der Waals surface area contributed by atoms with Gasteiger partial charge in [0, 0.05) is 45.8 Å². The Kier molecular flexibility index (Phi) is 6.28. The standard InChI is InChI=1S/C12H27N3O/c1-12(16)4-5-14-8-10-15(11-9-14)7-6-13(2)3/h12,16H,4-11H2,1-3H3. The molecule has 1 heterocycles. The van der Waals surface area contributed by atoms with E-state index in [9.17, 15) is 5.11 Å². The summed E-state index contributed by atoms with van der Waals surface area (Å²) in [5, 5.41) is 9.24. The number of nitrogens with zero attached hydrogens (tertiary/aromatic N) is 3. The van der Waals surface area contributed by atoms with Gasteiger partial charge in [0.2, 0.25) is 0 Å². The van der Waals surface area contributed by atoms with Crippen LogP contribution in [0.4, 0.5) is 0 Å². The molecule has 1 N–H and O–H groups in total. The minimum atomic E-state index is -0.160. The Hall–Kier alpha value is -0.160. The minimum absolute atomic E-state index is 0.160. The van der Waals surface area contributed by atoms with Gasteiger partial charge in [-0.05, 0) is 27.4 Å². The van der Waals surface area contributed by atoms with Gasteiger partial charge >= 0.3 is 0 Å². The lowest BCUT2D eigenvalue weighted by Crippen LogP contribution is -2.48. The van der Waals surface area contributed by atoms with Crippen LogP contribution >= 0.6 is 0 Å². The highest BCUT2D eigenvalue weighted by Gasteiger charge is 2.16. The van der Waals surface area contributed by atoms with Crippen LogP contribution in [0.5, 0.6) is 0 Å². The first-order valence-corrected chi connectivity index (χ1v) is 6.35. The molecule has 0 amide bonds. The quantitative estimate of drug-likeness (QED) is 0.691. The maximum Gasteiger partial charge on any atom is 0.0524 e. The second kappa shape index (κ2) is 7.22. The molecule has 0 aliphatic carbocycles. The fraction of sp³-hybridized carbons (Fsp3) is 1.00. The van der Waals surface area contributed by atoms with Gasteiger partial charge in [0.15, 0.2) is 0 Å². The van der Waals surface area contributed by atoms with Gasteiger partial charge in [-0.1, -0.05) is 0 Å². The summed E-state index contributed by atoms with van der Waals surface area (Å²) in [6.45, 7) is 9.89. The van der Waals surface area contributed by atoms with E-state index in [1.807, 2.05) is 6.92 Å². The first-order valence-electron chi connectivity index (χ1n) is 6.35. The van der Waals surface area contributed by atoms with Gasteiger partial charge in [0.1, 0.15) is 0 Å². The van der Waals surface area contributed by atoms with Crippen molar-refractivity contribution >= 4 is 0 Å². The molecule has 1 aliphatic heterocycles. The van der Waals surface area contributed by atoms with E-state index in [-0.39, 0.29) is 6.10 Å². The van der Waals surface area contributed by atoms with Crippen molar-refractivity contribution in [2.24, 2.45) is 0 Å². The van der Waals surface area contributed by atoms with E-state index in [0.29, 0.717) is 0 Å². The maximum absolute atomic E-state index is 9.24. The summed E-state index contributed by atoms with van der Waals surface area (Å²) in [6.07, 6.45) is 0.740. The van der Waals surface area contributed by atoms with Crippen LogP contribution in [0.3, 0.4) is 0 Å². The van der Waals surface area contributed by atoms with Crippen LogP contribution in [0.15, 0.2) is 0 Å². The van der Waals surface area contributed by atoms with Crippen molar-refractivity contribution in [1.82, 2.24) is 14.7 Å². The molecule has 0 bridgehead atoms. The van der Waals surface area contributed by atoms with E-state index in [1.54, 1.807) is 0 Å². The normalized spacial score (nSPS) is 21.6. The van der Waals surface area contributed by atoms with Crippen molar-refractivity contribution in [1.29, 1.82) is 0 Å². The molecule has 1 atom stereocenters. The van der Waals surface area contributed by atoms with E-state index >= 15 is 0 Å². The number of hydrogen-bond acceptors (Lipinski definition) is 4. The number of likely N-dealkylation sites (N-methyl/N-ethyl adjacent to an activating group) is 1. The molecule has 1 unspecified atom stereocenters. The number of aliphatic hydroxyl groups excluding tert-OH is 1. The summed E-state index contributed by atoms with van der Waals surface area (Å²) in [4.78, 5) is 7.22. The zero-order valence-corrected chi connectivity index (χ0v) is 11.0. The summed E-state index contributed by atoms with van der Waals surface area (Å²) in [6, 6.07) is 0. The summed E-state index contributed by atoms with van der Waals surface area (Å²) >= 11 is 0. The Morgan fingerprint density at radius 3 is 2.00 bits per heavy atom. The average Bonchev–Trinajstić information content (AvgIpc) is 2.25. The molecular weight excluding hydrogens is 202 g/mol. The lowest BCUT2D eigenvalue weighted by atomic mass is 10.2. The van der Waals surface area contributed by atoms with Crippen LogP contribution in [-0.4, -0.2) is 85.8 Å². The van der Waals surface area contributed by atoms with Gasteiger partial charge in [0.25, 0.3) is 0 Å². The van der Waals surface area contributed by atoms with Gasteiger partial charge in [-0.2, -0.15) is 0 Å². The first kappa shape index (κ1) is 13.9. The summed E-state index contributed by atoms with van der Waals surface area (Å²) < 4.78 is 0. The molecule has 0 aromatic rings. The van der Waals surface area contributed by atoms with Crippen LogP contribution in [0, 0.1) is 0 Å². The van der Waals surface area contributed by atoms with Crippen LogP contribution in [0.25, 0.3) is 0 Å². The van der Waals surface area contributed by atoms with Crippen LogP contribution in [0.2, 0.25) is 0 Å². The van der Waals surface area contributed by atoms with E-state index in [0.717, 1.165) is 32.6 Å². The number of hydrogen-bond donors (Lipinski definition) is 1. The zero-order chi connectivity index (χ0) is 12.0. The van der Waals surface area contributed by atoms with Crippen molar-refractivity contribution in [3.8, 4) is 0 Å². The highest BCUT2D eigenvalue weighted by molar-refractivity contribution is 4.72. The molecule has 0 saturated carbocycles. The van der Waals surface area contributed by atoms with Crippen LogP contribution in [-0.2, 0) is 0 Å². The summed E-state index contributed by atoms with van der Waals surface area (Å²) in [5.74, 6) is 0. The molecule has 0 spiro atoms. The molecule has 0 aromatic heterocycles. The topological polar surface area (TPSA) is 30.0 Å². The third-order valence-electron chi connectivity index (χ3n) is 3.19. The van der Waals surface area contributed by atoms with Gasteiger partial charge < -0.3 is 14.9 Å². The zero-order valence-electron chi connectivity index (χ0n) is 11.0. The molecule has 16 heavy (non-hydrogen) atoms. The van der Waals surface area contributed by atoms with E-state index < -0.39 is 0 Å². The monoisotopic (exact) mass is 229 g/mol. The lowest BCUT2D eigenvalue weighted by molar-refractivity contribution is 0.104. The predicted molar refractivity (Wildman–Crippen MR) is 67.7 cm³/mol. The smallest absolute Gasteiger partial charge is 0.0524 e. The Balaban J connectivity index is 2.09. The Bertz CT molecular complexity index is 157. The number of rotatable bonds is 6. The number of aliphatic hydroxyl groups is 1. The third-order valence-corrected chi connectivity index (χ3v) is 3.19. The SMILES string of the molecule is CC(O)CCN1CCN(CCN(C)C)CC1. The Labute approximate surface area is 99.8 Å². The summed E-state index contributed by atoms with van der Waals surface area (Å²) in [5.41, 5.74) is 0. The maximum atomic E-state index is 9.24. The highest BCUT2D eigenvalue weighted by atomic mass is 16.3. The van der Waals surface area contributed by atoms with Crippen molar-refractivity contribution in [3.05, 3.63) is 0 Å².